The molecule has 2 aliphatic carbocycles. The average Bonchev–Trinajstić information content (AvgIpc) is 2.44. The van der Waals surface area contributed by atoms with Gasteiger partial charge in [0, 0.05) is 12.1 Å². The molecule has 1 unspecified atom stereocenters. The van der Waals surface area contributed by atoms with Gasteiger partial charge < -0.3 is 5.32 Å². The normalized spacial score (nSPS) is 33.4. The highest BCUT2D eigenvalue weighted by Gasteiger charge is 2.46. The fourth-order valence-electron chi connectivity index (χ4n) is 3.33. The Balaban J connectivity index is 1.61. The van der Waals surface area contributed by atoms with E-state index in [0.717, 1.165) is 19.3 Å². The molecule has 19 heavy (non-hydrogen) atoms. The minimum Gasteiger partial charge on any atom is -0.311 e. The van der Waals surface area contributed by atoms with Crippen molar-refractivity contribution in [2.75, 3.05) is 0 Å². The van der Waals surface area contributed by atoms with Gasteiger partial charge in [0.2, 0.25) is 0 Å². The molecule has 2 nitrogen and oxygen atoms in total. The maximum Gasteiger partial charge on any atom is 0.0852 e. The minimum absolute atomic E-state index is 0.247. The Bertz CT molecular complexity index is 492. The molecule has 2 aliphatic rings. The second-order valence-electron chi connectivity index (χ2n) is 5.81. The fraction of sp³-hybridized carbons (Fsp3) is 0.471. The lowest BCUT2D eigenvalue weighted by atomic mass is 9.62. The third-order valence-electron chi connectivity index (χ3n) is 4.47. The van der Waals surface area contributed by atoms with E-state index in [1.54, 1.807) is 0 Å². The second kappa shape index (κ2) is 5.19. The van der Waals surface area contributed by atoms with Crippen LogP contribution in [0.25, 0.3) is 0 Å². The van der Waals surface area contributed by atoms with Crippen molar-refractivity contribution in [1.82, 2.24) is 5.32 Å². The van der Waals surface area contributed by atoms with Crippen molar-refractivity contribution in [2.24, 2.45) is 0 Å². The first kappa shape index (κ1) is 12.4. The molecular formula is C17H20N2. The predicted octanol–water partition coefficient (Wildman–Crippen LogP) is 3.31. The number of benzene rings is 1. The molecule has 0 aromatic heterocycles. The van der Waals surface area contributed by atoms with Crippen LogP contribution in [0.2, 0.25) is 0 Å². The number of hydrogen-bond donors (Lipinski definition) is 1. The zero-order valence-corrected chi connectivity index (χ0v) is 11.2. The Morgan fingerprint density at radius 2 is 1.89 bits per heavy atom. The van der Waals surface area contributed by atoms with Crippen LogP contribution in [-0.2, 0) is 5.41 Å². The van der Waals surface area contributed by atoms with Crippen LogP contribution in [0.3, 0.4) is 0 Å². The first-order valence-electron chi connectivity index (χ1n) is 7.20. The SMILES string of the molecule is N#CC1(c2ccccc2)CC(NC2CC=CCC2)C1. The third kappa shape index (κ3) is 2.43. The van der Waals surface area contributed by atoms with Gasteiger partial charge in [-0.25, -0.2) is 0 Å². The summed E-state index contributed by atoms with van der Waals surface area (Å²) in [7, 11) is 0. The third-order valence-corrected chi connectivity index (χ3v) is 4.47. The molecule has 1 aromatic rings. The first-order chi connectivity index (χ1) is 9.32. The highest BCUT2D eigenvalue weighted by Crippen LogP contribution is 2.43. The van der Waals surface area contributed by atoms with Gasteiger partial charge in [0.1, 0.15) is 0 Å². The molecule has 0 saturated heterocycles. The number of hydrogen-bond acceptors (Lipinski definition) is 2. The van der Waals surface area contributed by atoms with Crippen LogP contribution in [0.5, 0.6) is 0 Å². The Morgan fingerprint density at radius 1 is 1.11 bits per heavy atom. The van der Waals surface area contributed by atoms with Crippen molar-refractivity contribution in [3.05, 3.63) is 48.0 Å². The molecule has 0 amide bonds. The molecule has 1 saturated carbocycles. The minimum atomic E-state index is -0.247. The summed E-state index contributed by atoms with van der Waals surface area (Å²) in [4.78, 5) is 0. The van der Waals surface area contributed by atoms with Gasteiger partial charge in [-0.15, -0.1) is 0 Å². The van der Waals surface area contributed by atoms with E-state index < -0.39 is 0 Å². The Morgan fingerprint density at radius 3 is 2.53 bits per heavy atom. The topological polar surface area (TPSA) is 35.8 Å². The van der Waals surface area contributed by atoms with Crippen LogP contribution in [0.15, 0.2) is 42.5 Å². The summed E-state index contributed by atoms with van der Waals surface area (Å²) in [5.41, 5.74) is 0.933. The number of nitrogens with zero attached hydrogens (tertiary/aromatic N) is 1. The summed E-state index contributed by atoms with van der Waals surface area (Å²) in [6.45, 7) is 0. The van der Waals surface area contributed by atoms with E-state index in [1.165, 1.54) is 18.4 Å². The fourth-order valence-corrected chi connectivity index (χ4v) is 3.33. The summed E-state index contributed by atoms with van der Waals surface area (Å²) in [5, 5.41) is 13.2. The summed E-state index contributed by atoms with van der Waals surface area (Å²) >= 11 is 0. The molecular weight excluding hydrogens is 232 g/mol. The van der Waals surface area contributed by atoms with E-state index in [1.807, 2.05) is 18.2 Å². The monoisotopic (exact) mass is 252 g/mol. The summed E-state index contributed by atoms with van der Waals surface area (Å²) < 4.78 is 0. The number of rotatable bonds is 3. The molecule has 1 fully saturated rings. The van der Waals surface area contributed by atoms with E-state index in [4.69, 9.17) is 0 Å². The predicted molar refractivity (Wildman–Crippen MR) is 76.7 cm³/mol. The van der Waals surface area contributed by atoms with Crippen LogP contribution in [0.1, 0.15) is 37.7 Å². The molecule has 0 bridgehead atoms. The van der Waals surface area contributed by atoms with Gasteiger partial charge in [-0.05, 0) is 37.7 Å². The molecule has 0 aliphatic heterocycles. The molecule has 1 aromatic carbocycles. The standard InChI is InChI=1S/C17H20N2/c18-13-17(14-7-3-1-4-8-14)11-16(12-17)19-15-9-5-2-6-10-15/h1-5,7-8,15-16,19H,6,9-12H2. The van der Waals surface area contributed by atoms with Gasteiger partial charge in [-0.3, -0.25) is 0 Å². The van der Waals surface area contributed by atoms with Gasteiger partial charge >= 0.3 is 0 Å². The van der Waals surface area contributed by atoms with Crippen LogP contribution in [0.4, 0.5) is 0 Å². The zero-order chi connectivity index (χ0) is 13.1. The van der Waals surface area contributed by atoms with Gasteiger partial charge in [0.15, 0.2) is 0 Å². The van der Waals surface area contributed by atoms with Crippen molar-refractivity contribution < 1.29 is 0 Å². The average molecular weight is 252 g/mol. The molecule has 2 heteroatoms. The van der Waals surface area contributed by atoms with E-state index >= 15 is 0 Å². The Hall–Kier alpha value is -1.59. The molecule has 0 heterocycles. The first-order valence-corrected chi connectivity index (χ1v) is 7.20. The molecule has 1 N–H and O–H groups in total. The van der Waals surface area contributed by atoms with Crippen molar-refractivity contribution in [3.63, 3.8) is 0 Å². The van der Waals surface area contributed by atoms with E-state index in [-0.39, 0.29) is 5.41 Å². The van der Waals surface area contributed by atoms with E-state index in [0.29, 0.717) is 12.1 Å². The van der Waals surface area contributed by atoms with Crippen molar-refractivity contribution in [1.29, 1.82) is 5.26 Å². The lowest BCUT2D eigenvalue weighted by Crippen LogP contribution is -2.53. The van der Waals surface area contributed by atoms with Crippen LogP contribution in [0, 0.1) is 11.3 Å². The zero-order valence-electron chi connectivity index (χ0n) is 11.2. The molecule has 0 radical (unpaired) electrons. The lowest BCUT2D eigenvalue weighted by Gasteiger charge is -2.45. The highest BCUT2D eigenvalue weighted by atomic mass is 15.0. The number of nitrogens with one attached hydrogen (secondary N) is 1. The summed E-state index contributed by atoms with van der Waals surface area (Å²) in [6.07, 6.45) is 10.0. The molecule has 0 spiro atoms. The van der Waals surface area contributed by atoms with Crippen LogP contribution >= 0.6 is 0 Å². The molecule has 98 valence electrons. The van der Waals surface area contributed by atoms with Gasteiger partial charge in [-0.2, -0.15) is 5.26 Å². The van der Waals surface area contributed by atoms with E-state index in [2.05, 4.69) is 35.7 Å². The van der Waals surface area contributed by atoms with Crippen molar-refractivity contribution in [2.45, 2.75) is 49.6 Å². The maximum atomic E-state index is 9.52. The molecule has 3 rings (SSSR count). The largest absolute Gasteiger partial charge is 0.311 e. The highest BCUT2D eigenvalue weighted by molar-refractivity contribution is 5.36. The van der Waals surface area contributed by atoms with Crippen LogP contribution < -0.4 is 5.32 Å². The number of nitriles is 1. The maximum absolute atomic E-state index is 9.52. The quantitative estimate of drug-likeness (QED) is 0.838. The van der Waals surface area contributed by atoms with Crippen molar-refractivity contribution >= 4 is 0 Å². The Labute approximate surface area is 115 Å². The molecule has 1 atom stereocenters. The number of allylic oxidation sites excluding steroid dienone is 1. The van der Waals surface area contributed by atoms with Gasteiger partial charge in [0.05, 0.1) is 11.5 Å². The lowest BCUT2D eigenvalue weighted by molar-refractivity contribution is 0.205. The van der Waals surface area contributed by atoms with Crippen LogP contribution in [-0.4, -0.2) is 12.1 Å². The van der Waals surface area contributed by atoms with Gasteiger partial charge in [0.25, 0.3) is 0 Å². The summed E-state index contributed by atoms with van der Waals surface area (Å²) in [6, 6.07) is 13.9. The second-order valence-corrected chi connectivity index (χ2v) is 5.81. The van der Waals surface area contributed by atoms with Crippen molar-refractivity contribution in [3.8, 4) is 6.07 Å². The Kier molecular flexibility index (Phi) is 3.40. The van der Waals surface area contributed by atoms with Gasteiger partial charge in [-0.1, -0.05) is 42.5 Å². The van der Waals surface area contributed by atoms with E-state index in [9.17, 15) is 5.26 Å². The summed E-state index contributed by atoms with van der Waals surface area (Å²) in [5.74, 6) is 0. The smallest absolute Gasteiger partial charge is 0.0852 e.